The molecule has 4 rings (SSSR count). The smallest absolute Gasteiger partial charge is 0.262 e. The molecular formula is C27H28N2O4. The molecule has 0 bridgehead atoms. The van der Waals surface area contributed by atoms with E-state index in [1.807, 2.05) is 42.5 Å². The number of fused-ring (bicyclic) bond motifs is 1. The first kappa shape index (κ1) is 22.4. The predicted octanol–water partition coefficient (Wildman–Crippen LogP) is 6.21. The molecule has 33 heavy (non-hydrogen) atoms. The summed E-state index contributed by atoms with van der Waals surface area (Å²) in [6.45, 7) is 6.27. The SMILES string of the molecule is CCc1ccc(OCC(=O)Nc2cc(-c3nc4cc(C(C)C)ccc4o3)ccc2OC)cc1. The van der Waals surface area contributed by atoms with Crippen molar-refractivity contribution in [2.45, 2.75) is 33.1 Å². The lowest BCUT2D eigenvalue weighted by molar-refractivity contribution is -0.118. The highest BCUT2D eigenvalue weighted by atomic mass is 16.5. The molecule has 0 unspecified atom stereocenters. The number of amides is 1. The molecule has 1 amide bonds. The zero-order chi connectivity index (χ0) is 23.4. The van der Waals surface area contributed by atoms with Gasteiger partial charge in [0.2, 0.25) is 5.89 Å². The van der Waals surface area contributed by atoms with Gasteiger partial charge in [-0.2, -0.15) is 0 Å². The van der Waals surface area contributed by atoms with Gasteiger partial charge in [0.15, 0.2) is 12.2 Å². The molecular weight excluding hydrogens is 416 g/mol. The summed E-state index contributed by atoms with van der Waals surface area (Å²) in [4.78, 5) is 17.2. The molecule has 4 aromatic rings. The fraction of sp³-hybridized carbons (Fsp3) is 0.259. The van der Waals surface area contributed by atoms with Crippen LogP contribution in [0, 0.1) is 0 Å². The van der Waals surface area contributed by atoms with Crippen LogP contribution in [0.15, 0.2) is 65.1 Å². The van der Waals surface area contributed by atoms with E-state index in [1.165, 1.54) is 11.1 Å². The van der Waals surface area contributed by atoms with E-state index < -0.39 is 0 Å². The molecule has 0 spiro atoms. The molecule has 0 saturated carbocycles. The van der Waals surface area contributed by atoms with Crippen LogP contribution in [0.3, 0.4) is 0 Å². The third kappa shape index (κ3) is 5.17. The van der Waals surface area contributed by atoms with Crippen molar-refractivity contribution in [3.63, 3.8) is 0 Å². The minimum Gasteiger partial charge on any atom is -0.495 e. The van der Waals surface area contributed by atoms with Crippen LogP contribution in [0.1, 0.15) is 37.8 Å². The standard InChI is InChI=1S/C27H28N2O4/c1-5-18-6-10-21(11-7-18)32-16-26(30)28-22-15-20(9-12-24(22)31-4)27-29-23-14-19(17(2)3)8-13-25(23)33-27/h6-15,17H,5,16H2,1-4H3,(H,28,30). The van der Waals surface area contributed by atoms with Crippen molar-refractivity contribution in [3.8, 4) is 23.0 Å². The van der Waals surface area contributed by atoms with Crippen molar-refractivity contribution < 1.29 is 18.7 Å². The first-order valence-corrected chi connectivity index (χ1v) is 11.1. The maximum Gasteiger partial charge on any atom is 0.262 e. The van der Waals surface area contributed by atoms with Gasteiger partial charge in [-0.1, -0.05) is 39.0 Å². The van der Waals surface area contributed by atoms with E-state index >= 15 is 0 Å². The molecule has 0 aliphatic rings. The number of nitrogens with one attached hydrogen (secondary N) is 1. The number of carbonyl (C=O) groups is 1. The Kier molecular flexibility index (Phi) is 6.63. The van der Waals surface area contributed by atoms with Crippen LogP contribution in [0.5, 0.6) is 11.5 Å². The van der Waals surface area contributed by atoms with Crippen LogP contribution in [0.4, 0.5) is 5.69 Å². The number of hydrogen-bond acceptors (Lipinski definition) is 5. The Bertz CT molecular complexity index is 1260. The fourth-order valence-corrected chi connectivity index (χ4v) is 3.52. The second-order valence-corrected chi connectivity index (χ2v) is 8.15. The van der Waals surface area contributed by atoms with Gasteiger partial charge in [-0.3, -0.25) is 4.79 Å². The van der Waals surface area contributed by atoms with E-state index in [0.29, 0.717) is 29.0 Å². The lowest BCUT2D eigenvalue weighted by Crippen LogP contribution is -2.20. The zero-order valence-corrected chi connectivity index (χ0v) is 19.3. The van der Waals surface area contributed by atoms with Gasteiger partial charge in [0, 0.05) is 5.56 Å². The Balaban J connectivity index is 1.51. The Morgan fingerprint density at radius 3 is 2.55 bits per heavy atom. The topological polar surface area (TPSA) is 73.6 Å². The van der Waals surface area contributed by atoms with Crippen molar-refractivity contribution in [1.29, 1.82) is 0 Å². The number of carbonyl (C=O) groups excluding carboxylic acids is 1. The predicted molar refractivity (Wildman–Crippen MR) is 130 cm³/mol. The largest absolute Gasteiger partial charge is 0.495 e. The summed E-state index contributed by atoms with van der Waals surface area (Å²) in [5, 5.41) is 2.86. The van der Waals surface area contributed by atoms with Gasteiger partial charge in [-0.05, 0) is 65.9 Å². The molecule has 1 heterocycles. The molecule has 170 valence electrons. The van der Waals surface area contributed by atoms with Gasteiger partial charge in [-0.25, -0.2) is 4.98 Å². The molecule has 1 N–H and O–H groups in total. The van der Waals surface area contributed by atoms with Crippen molar-refractivity contribution in [2.24, 2.45) is 0 Å². The first-order chi connectivity index (χ1) is 16.0. The number of aryl methyl sites for hydroxylation is 1. The minimum atomic E-state index is -0.288. The van der Waals surface area contributed by atoms with Crippen molar-refractivity contribution in [2.75, 3.05) is 19.0 Å². The highest BCUT2D eigenvalue weighted by molar-refractivity contribution is 5.94. The number of ether oxygens (including phenoxy) is 2. The second-order valence-electron chi connectivity index (χ2n) is 8.15. The van der Waals surface area contributed by atoms with Gasteiger partial charge in [0.05, 0.1) is 12.8 Å². The molecule has 0 saturated heterocycles. The number of anilines is 1. The summed E-state index contributed by atoms with van der Waals surface area (Å²) in [7, 11) is 1.56. The summed E-state index contributed by atoms with van der Waals surface area (Å²) in [6.07, 6.45) is 0.954. The quantitative estimate of drug-likeness (QED) is 0.350. The van der Waals surface area contributed by atoms with Gasteiger partial charge >= 0.3 is 0 Å². The Morgan fingerprint density at radius 2 is 1.85 bits per heavy atom. The number of nitrogens with zero attached hydrogens (tertiary/aromatic N) is 1. The van der Waals surface area contributed by atoms with E-state index in [-0.39, 0.29) is 12.5 Å². The lowest BCUT2D eigenvalue weighted by atomic mass is 10.0. The third-order valence-electron chi connectivity index (χ3n) is 5.50. The number of benzene rings is 3. The van der Waals surface area contributed by atoms with Crippen molar-refractivity contribution in [1.82, 2.24) is 4.98 Å². The molecule has 0 aliphatic heterocycles. The fourth-order valence-electron chi connectivity index (χ4n) is 3.52. The highest BCUT2D eigenvalue weighted by Gasteiger charge is 2.14. The van der Waals surface area contributed by atoms with Gasteiger partial charge in [0.25, 0.3) is 5.91 Å². The van der Waals surface area contributed by atoms with Crippen LogP contribution in [-0.2, 0) is 11.2 Å². The second kappa shape index (κ2) is 9.77. The lowest BCUT2D eigenvalue weighted by Gasteiger charge is -2.12. The average Bonchev–Trinajstić information content (AvgIpc) is 3.26. The Labute approximate surface area is 193 Å². The summed E-state index contributed by atoms with van der Waals surface area (Å²) >= 11 is 0. The van der Waals surface area contributed by atoms with Gasteiger partial charge < -0.3 is 19.2 Å². The van der Waals surface area contributed by atoms with Crippen LogP contribution in [0.2, 0.25) is 0 Å². The van der Waals surface area contributed by atoms with Gasteiger partial charge in [-0.15, -0.1) is 0 Å². The molecule has 3 aromatic carbocycles. The molecule has 6 heteroatoms. The van der Waals surface area contributed by atoms with E-state index in [0.717, 1.165) is 23.1 Å². The van der Waals surface area contributed by atoms with E-state index in [9.17, 15) is 4.79 Å². The Hall–Kier alpha value is -3.80. The molecule has 6 nitrogen and oxygen atoms in total. The Morgan fingerprint density at radius 1 is 1.06 bits per heavy atom. The van der Waals surface area contributed by atoms with Crippen LogP contribution < -0.4 is 14.8 Å². The summed E-state index contributed by atoms with van der Waals surface area (Å²) in [5.41, 5.74) is 5.21. The maximum atomic E-state index is 12.5. The van der Waals surface area contributed by atoms with Crippen LogP contribution in [0.25, 0.3) is 22.6 Å². The maximum absolute atomic E-state index is 12.5. The molecule has 0 aliphatic carbocycles. The number of hydrogen-bond donors (Lipinski definition) is 1. The number of methoxy groups -OCH3 is 1. The highest BCUT2D eigenvalue weighted by Crippen LogP contribution is 2.32. The molecule has 1 aromatic heterocycles. The summed E-state index contributed by atoms with van der Waals surface area (Å²) in [5.74, 6) is 1.79. The molecule has 0 radical (unpaired) electrons. The molecule has 0 fully saturated rings. The van der Waals surface area contributed by atoms with Crippen molar-refractivity contribution >= 4 is 22.7 Å². The normalized spacial score (nSPS) is 11.1. The van der Waals surface area contributed by atoms with E-state index in [1.54, 1.807) is 19.2 Å². The van der Waals surface area contributed by atoms with Gasteiger partial charge in [0.1, 0.15) is 17.0 Å². The van der Waals surface area contributed by atoms with Crippen LogP contribution in [-0.4, -0.2) is 24.6 Å². The first-order valence-electron chi connectivity index (χ1n) is 11.1. The van der Waals surface area contributed by atoms with Crippen LogP contribution >= 0.6 is 0 Å². The number of oxazole rings is 1. The summed E-state index contributed by atoms with van der Waals surface area (Å²) < 4.78 is 17.0. The van der Waals surface area contributed by atoms with E-state index in [2.05, 4.69) is 37.1 Å². The summed E-state index contributed by atoms with van der Waals surface area (Å²) in [6, 6.07) is 19.2. The number of rotatable bonds is 8. The third-order valence-corrected chi connectivity index (χ3v) is 5.50. The average molecular weight is 445 g/mol. The number of aromatic nitrogens is 1. The molecule has 0 atom stereocenters. The monoisotopic (exact) mass is 444 g/mol. The minimum absolute atomic E-state index is 0.111. The van der Waals surface area contributed by atoms with Crippen molar-refractivity contribution in [3.05, 3.63) is 71.8 Å². The zero-order valence-electron chi connectivity index (χ0n) is 19.3. The van der Waals surface area contributed by atoms with E-state index in [4.69, 9.17) is 13.9 Å².